The fourth-order valence-electron chi connectivity index (χ4n) is 4.28. The minimum atomic E-state index is -0.0485. The lowest BCUT2D eigenvalue weighted by atomic mass is 10.1. The molecule has 1 aliphatic heterocycles. The van der Waals surface area contributed by atoms with Crippen LogP contribution in [0, 0.1) is 6.92 Å². The van der Waals surface area contributed by atoms with E-state index in [0.717, 1.165) is 31.0 Å². The van der Waals surface area contributed by atoms with Crippen LogP contribution in [0.15, 0.2) is 85.5 Å². The Bertz CT molecular complexity index is 1320. The first-order valence-electron chi connectivity index (χ1n) is 11.0. The number of carbonyl (C=O) groups excluding carboxylic acids is 1. The second-order valence-corrected chi connectivity index (χ2v) is 8.19. The summed E-state index contributed by atoms with van der Waals surface area (Å²) in [6, 6.07) is 20.3. The molecule has 0 saturated heterocycles. The molecule has 0 bridgehead atoms. The van der Waals surface area contributed by atoms with E-state index in [1.165, 1.54) is 17.0 Å². The van der Waals surface area contributed by atoms with Crippen LogP contribution >= 0.6 is 0 Å². The third-order valence-electron chi connectivity index (χ3n) is 6.01. The monoisotopic (exact) mass is 438 g/mol. The number of carbonyl (C=O) groups is 1. The molecule has 0 radical (unpaired) electrons. The maximum atomic E-state index is 12.8. The van der Waals surface area contributed by atoms with Gasteiger partial charge in [-0.1, -0.05) is 30.3 Å². The van der Waals surface area contributed by atoms with Crippen LogP contribution in [0.4, 0.5) is 0 Å². The molecule has 4 aromatic rings. The highest BCUT2D eigenvalue weighted by Crippen LogP contribution is 2.27. The first-order chi connectivity index (χ1) is 16.1. The zero-order valence-corrected chi connectivity index (χ0v) is 18.8. The highest BCUT2D eigenvalue weighted by atomic mass is 16.5. The van der Waals surface area contributed by atoms with Crippen LogP contribution in [0.1, 0.15) is 21.7 Å². The normalized spacial score (nSPS) is 13.3. The molecular formula is C27H26N4O2. The molecule has 3 heterocycles. The number of ether oxygens (including phenoxy) is 1. The number of aromatic nitrogens is 3. The lowest BCUT2D eigenvalue weighted by Gasteiger charge is -2.28. The highest BCUT2D eigenvalue weighted by molar-refractivity contribution is 6.04. The van der Waals surface area contributed by atoms with E-state index in [9.17, 15) is 4.79 Å². The summed E-state index contributed by atoms with van der Waals surface area (Å²) in [6.07, 6.45) is 7.21. The number of rotatable bonds is 6. The summed E-state index contributed by atoms with van der Waals surface area (Å²) in [4.78, 5) is 19.3. The second-order valence-electron chi connectivity index (χ2n) is 8.19. The Morgan fingerprint density at radius 1 is 1.06 bits per heavy atom. The van der Waals surface area contributed by atoms with Gasteiger partial charge in [0.25, 0.3) is 0 Å². The van der Waals surface area contributed by atoms with Crippen LogP contribution in [0.25, 0.3) is 16.9 Å². The topological polar surface area (TPSA) is 52.3 Å². The van der Waals surface area contributed by atoms with Crippen LogP contribution in [-0.4, -0.2) is 38.5 Å². The van der Waals surface area contributed by atoms with E-state index in [4.69, 9.17) is 4.74 Å². The molecule has 2 aromatic carbocycles. The number of allylic oxidation sites excluding steroid dienone is 1. The summed E-state index contributed by atoms with van der Waals surface area (Å²) >= 11 is 0. The van der Waals surface area contributed by atoms with Crippen LogP contribution < -0.4 is 4.74 Å². The lowest BCUT2D eigenvalue weighted by Crippen LogP contribution is -2.29. The number of hydrogen-bond acceptors (Lipinski definition) is 4. The smallest absolute Gasteiger partial charge is 0.187 e. The number of nitrogens with zero attached hydrogens (tertiary/aromatic N) is 4. The number of imidazole rings is 1. The molecule has 5 rings (SSSR count). The molecule has 6 nitrogen and oxygen atoms in total. The highest BCUT2D eigenvalue weighted by Gasteiger charge is 2.17. The van der Waals surface area contributed by atoms with Crippen LogP contribution in [0.3, 0.4) is 0 Å². The molecule has 0 aliphatic carbocycles. The molecule has 0 saturated carbocycles. The van der Waals surface area contributed by atoms with E-state index >= 15 is 0 Å². The number of aryl methyl sites for hydroxylation is 1. The van der Waals surface area contributed by atoms with Crippen molar-refractivity contribution in [1.82, 2.24) is 19.0 Å². The summed E-state index contributed by atoms with van der Waals surface area (Å²) in [5.41, 5.74) is 6.08. The lowest BCUT2D eigenvalue weighted by molar-refractivity contribution is 0.104. The molecule has 0 amide bonds. The van der Waals surface area contributed by atoms with Crippen molar-refractivity contribution in [3.8, 4) is 22.7 Å². The van der Waals surface area contributed by atoms with Gasteiger partial charge in [0.05, 0.1) is 31.4 Å². The van der Waals surface area contributed by atoms with Gasteiger partial charge in [0.15, 0.2) is 5.78 Å². The second kappa shape index (κ2) is 8.82. The van der Waals surface area contributed by atoms with Crippen molar-refractivity contribution in [1.29, 1.82) is 0 Å². The predicted octanol–water partition coefficient (Wildman–Crippen LogP) is 4.87. The van der Waals surface area contributed by atoms with Crippen molar-refractivity contribution < 1.29 is 9.53 Å². The largest absolute Gasteiger partial charge is 0.495 e. The van der Waals surface area contributed by atoms with Crippen LogP contribution in [0.2, 0.25) is 0 Å². The number of methoxy groups -OCH3 is 1. The average Bonchev–Trinajstić information content (AvgIpc) is 3.48. The van der Waals surface area contributed by atoms with Gasteiger partial charge < -0.3 is 18.8 Å². The predicted molar refractivity (Wildman–Crippen MR) is 129 cm³/mol. The van der Waals surface area contributed by atoms with Crippen molar-refractivity contribution in [2.75, 3.05) is 13.7 Å². The van der Waals surface area contributed by atoms with E-state index in [1.54, 1.807) is 25.6 Å². The molecule has 2 aromatic heterocycles. The van der Waals surface area contributed by atoms with Gasteiger partial charge in [0, 0.05) is 48.5 Å². The molecule has 0 fully saturated rings. The van der Waals surface area contributed by atoms with Crippen molar-refractivity contribution in [3.63, 3.8) is 0 Å². The Morgan fingerprint density at radius 3 is 2.67 bits per heavy atom. The van der Waals surface area contributed by atoms with Gasteiger partial charge >= 0.3 is 0 Å². The molecule has 0 atom stereocenters. The summed E-state index contributed by atoms with van der Waals surface area (Å²) in [6.45, 7) is 4.45. The molecule has 33 heavy (non-hydrogen) atoms. The first-order valence-corrected chi connectivity index (χ1v) is 11.0. The number of ketones is 1. The number of benzene rings is 2. The molecule has 1 aliphatic rings. The van der Waals surface area contributed by atoms with Crippen LogP contribution in [-0.2, 0) is 13.1 Å². The first kappa shape index (κ1) is 20.8. The Kier molecular flexibility index (Phi) is 5.57. The van der Waals surface area contributed by atoms with Gasteiger partial charge in [0.1, 0.15) is 5.75 Å². The van der Waals surface area contributed by atoms with Gasteiger partial charge in [-0.2, -0.15) is 0 Å². The summed E-state index contributed by atoms with van der Waals surface area (Å²) in [7, 11) is 1.61. The van der Waals surface area contributed by atoms with Crippen LogP contribution in [0.5, 0.6) is 5.75 Å². The van der Waals surface area contributed by atoms with E-state index in [-0.39, 0.29) is 5.78 Å². The number of fused-ring (bicyclic) bond motifs is 1. The average molecular weight is 439 g/mol. The zero-order valence-electron chi connectivity index (χ0n) is 18.8. The summed E-state index contributed by atoms with van der Waals surface area (Å²) in [5, 5.41) is 0. The molecule has 0 unspecified atom stereocenters. The fraction of sp³-hybridized carbons (Fsp3) is 0.185. The van der Waals surface area contributed by atoms with E-state index in [1.807, 2.05) is 42.1 Å². The Morgan fingerprint density at radius 2 is 1.91 bits per heavy atom. The molecule has 166 valence electrons. The van der Waals surface area contributed by atoms with Crippen molar-refractivity contribution in [2.24, 2.45) is 0 Å². The SMILES string of the molecule is COc1cc(C(=O)C=CN2CCn3c(ccc3-c3ccccc3)C2)ccc1-n1cnc(C)c1. The van der Waals surface area contributed by atoms with E-state index in [0.29, 0.717) is 11.3 Å². The Balaban J connectivity index is 1.29. The van der Waals surface area contributed by atoms with Crippen molar-refractivity contribution >= 4 is 5.78 Å². The van der Waals surface area contributed by atoms with Gasteiger partial charge in [0.2, 0.25) is 0 Å². The van der Waals surface area contributed by atoms with E-state index < -0.39 is 0 Å². The third-order valence-corrected chi connectivity index (χ3v) is 6.01. The van der Waals surface area contributed by atoms with Gasteiger partial charge in [-0.25, -0.2) is 4.98 Å². The minimum absolute atomic E-state index is 0.0485. The fourth-order valence-corrected chi connectivity index (χ4v) is 4.28. The van der Waals surface area contributed by atoms with Crippen molar-refractivity contribution in [2.45, 2.75) is 20.0 Å². The minimum Gasteiger partial charge on any atom is -0.495 e. The van der Waals surface area contributed by atoms with Gasteiger partial charge in [-0.3, -0.25) is 4.79 Å². The molecule has 0 N–H and O–H groups in total. The molecule has 6 heteroatoms. The van der Waals surface area contributed by atoms with Gasteiger partial charge in [-0.15, -0.1) is 0 Å². The zero-order chi connectivity index (χ0) is 22.8. The van der Waals surface area contributed by atoms with Gasteiger partial charge in [-0.05, 0) is 42.8 Å². The quantitative estimate of drug-likeness (QED) is 0.318. The maximum Gasteiger partial charge on any atom is 0.187 e. The maximum absolute atomic E-state index is 12.8. The summed E-state index contributed by atoms with van der Waals surface area (Å²) < 4.78 is 9.79. The van der Waals surface area contributed by atoms with Crippen molar-refractivity contribution in [3.05, 3.63) is 102 Å². The molecular weight excluding hydrogens is 412 g/mol. The summed E-state index contributed by atoms with van der Waals surface area (Å²) in [5.74, 6) is 0.587. The third kappa shape index (κ3) is 4.20. The van der Waals surface area contributed by atoms with E-state index in [2.05, 4.69) is 50.8 Å². The Labute approximate surface area is 193 Å². The molecule has 0 spiro atoms. The number of hydrogen-bond donors (Lipinski definition) is 0. The standard InChI is InChI=1S/C27H26N4O2/c1-20-17-30(19-28-20)25-10-8-22(16-27(25)33-2)26(32)12-13-29-14-15-31-23(18-29)9-11-24(31)21-6-4-3-5-7-21/h3-13,16-17,19H,14-15,18H2,1-2H3. The Hall–Kier alpha value is -4.06.